The van der Waals surface area contributed by atoms with E-state index in [1.54, 1.807) is 43.4 Å². The zero-order chi connectivity index (χ0) is 24.1. The van der Waals surface area contributed by atoms with Crippen molar-refractivity contribution in [2.75, 3.05) is 31.4 Å². The lowest BCUT2D eigenvalue weighted by molar-refractivity contribution is -0.115. The van der Waals surface area contributed by atoms with E-state index in [1.165, 1.54) is 35.9 Å². The van der Waals surface area contributed by atoms with Gasteiger partial charge in [0, 0.05) is 19.2 Å². The van der Waals surface area contributed by atoms with Crippen LogP contribution in [-0.4, -0.2) is 59.3 Å². The first-order valence-electron chi connectivity index (χ1n) is 10.9. The van der Waals surface area contributed by atoms with Gasteiger partial charge in [-0.1, -0.05) is 23.9 Å². The molecule has 0 N–H and O–H groups in total. The largest absolute Gasteiger partial charge is 0.465 e. The van der Waals surface area contributed by atoms with Gasteiger partial charge in [0.25, 0.3) is 0 Å². The van der Waals surface area contributed by atoms with Crippen LogP contribution in [0.5, 0.6) is 0 Å². The maximum absolute atomic E-state index is 13.4. The molecule has 1 aliphatic rings. The number of benzene rings is 2. The minimum atomic E-state index is -0.511. The van der Waals surface area contributed by atoms with Crippen LogP contribution in [0.25, 0.3) is 11.4 Å². The first kappa shape index (κ1) is 23.9. The molecule has 1 amide bonds. The van der Waals surface area contributed by atoms with Crippen molar-refractivity contribution in [3.63, 3.8) is 0 Å². The molecule has 178 valence electrons. The summed E-state index contributed by atoms with van der Waals surface area (Å²) in [5.41, 5.74) is 1.51. The lowest BCUT2D eigenvalue weighted by Gasteiger charge is -2.20. The second kappa shape index (κ2) is 10.8. The number of carbonyl (C=O) groups is 2. The van der Waals surface area contributed by atoms with E-state index in [9.17, 15) is 14.0 Å². The van der Waals surface area contributed by atoms with Crippen molar-refractivity contribution in [3.05, 3.63) is 59.9 Å². The molecule has 0 bridgehead atoms. The second-order valence-electron chi connectivity index (χ2n) is 7.81. The fraction of sp³-hybridized carbons (Fsp3) is 0.333. The monoisotopic (exact) mass is 484 g/mol. The standard InChI is InChI=1S/C24H25FN4O4S/c1-28(20-8-4-3-7-19(20)23(31)32-2)21(30)15-34-24-27-26-22(16-9-11-17(25)12-10-16)29(24)14-18-6-5-13-33-18/h3-4,7-12,18H,5-6,13-15H2,1-2H3. The van der Waals surface area contributed by atoms with Gasteiger partial charge >= 0.3 is 5.97 Å². The third-order valence-corrected chi connectivity index (χ3v) is 6.55. The number of amides is 1. The smallest absolute Gasteiger partial charge is 0.339 e. The predicted molar refractivity (Wildman–Crippen MR) is 126 cm³/mol. The summed E-state index contributed by atoms with van der Waals surface area (Å²) < 4.78 is 26.0. The molecule has 1 fully saturated rings. The molecule has 0 spiro atoms. The Morgan fingerprint density at radius 1 is 1.21 bits per heavy atom. The number of halogens is 1. The molecule has 2 heterocycles. The highest BCUT2D eigenvalue weighted by Crippen LogP contribution is 2.28. The van der Waals surface area contributed by atoms with Crippen molar-refractivity contribution in [2.45, 2.75) is 30.6 Å². The van der Waals surface area contributed by atoms with E-state index in [4.69, 9.17) is 9.47 Å². The van der Waals surface area contributed by atoms with Gasteiger partial charge in [-0.05, 0) is 49.2 Å². The molecular formula is C24H25FN4O4S. The van der Waals surface area contributed by atoms with Crippen LogP contribution in [0.1, 0.15) is 23.2 Å². The lowest BCUT2D eigenvalue weighted by Crippen LogP contribution is -2.29. The molecule has 10 heteroatoms. The van der Waals surface area contributed by atoms with E-state index < -0.39 is 5.97 Å². The topological polar surface area (TPSA) is 86.5 Å². The molecule has 0 radical (unpaired) electrons. The van der Waals surface area contributed by atoms with Crippen LogP contribution in [0.2, 0.25) is 0 Å². The van der Waals surface area contributed by atoms with Gasteiger partial charge in [0.05, 0.1) is 36.8 Å². The number of para-hydroxylation sites is 1. The molecule has 34 heavy (non-hydrogen) atoms. The molecule has 1 unspecified atom stereocenters. The first-order chi connectivity index (χ1) is 16.5. The first-order valence-corrected chi connectivity index (χ1v) is 11.8. The Kier molecular flexibility index (Phi) is 7.59. The van der Waals surface area contributed by atoms with Crippen LogP contribution in [0, 0.1) is 5.82 Å². The number of hydrogen-bond acceptors (Lipinski definition) is 7. The number of carbonyl (C=O) groups excluding carboxylic acids is 2. The van der Waals surface area contributed by atoms with Crippen molar-refractivity contribution < 1.29 is 23.5 Å². The Bertz CT molecular complexity index is 1160. The summed E-state index contributed by atoms with van der Waals surface area (Å²) in [5.74, 6) is -0.377. The van der Waals surface area contributed by atoms with Gasteiger partial charge in [0.2, 0.25) is 5.91 Å². The van der Waals surface area contributed by atoms with Crippen LogP contribution in [0.3, 0.4) is 0 Å². The summed E-state index contributed by atoms with van der Waals surface area (Å²) in [6.07, 6.45) is 1.95. The Morgan fingerprint density at radius 3 is 2.68 bits per heavy atom. The van der Waals surface area contributed by atoms with E-state index in [0.717, 1.165) is 18.4 Å². The van der Waals surface area contributed by atoms with Gasteiger partial charge in [-0.25, -0.2) is 9.18 Å². The molecule has 1 atom stereocenters. The molecule has 1 aromatic heterocycles. The summed E-state index contributed by atoms with van der Waals surface area (Å²) in [4.78, 5) is 26.5. The van der Waals surface area contributed by atoms with Gasteiger partial charge in [-0.15, -0.1) is 10.2 Å². The summed E-state index contributed by atoms with van der Waals surface area (Å²) >= 11 is 1.25. The molecule has 3 aromatic rings. The number of anilines is 1. The van der Waals surface area contributed by atoms with Gasteiger partial charge in [0.1, 0.15) is 5.82 Å². The van der Waals surface area contributed by atoms with Crippen LogP contribution < -0.4 is 4.90 Å². The molecule has 4 rings (SSSR count). The summed E-state index contributed by atoms with van der Waals surface area (Å²) in [5, 5.41) is 9.18. The number of thioether (sulfide) groups is 1. The SMILES string of the molecule is COC(=O)c1ccccc1N(C)C(=O)CSc1nnc(-c2ccc(F)cc2)n1CC1CCCO1. The van der Waals surface area contributed by atoms with E-state index >= 15 is 0 Å². The van der Waals surface area contributed by atoms with E-state index in [0.29, 0.717) is 35.4 Å². The Balaban J connectivity index is 1.54. The fourth-order valence-electron chi connectivity index (χ4n) is 3.77. The van der Waals surface area contributed by atoms with Gasteiger partial charge in [-0.3, -0.25) is 9.36 Å². The average Bonchev–Trinajstić information content (AvgIpc) is 3.52. The summed E-state index contributed by atoms with van der Waals surface area (Å²) in [7, 11) is 2.92. The quantitative estimate of drug-likeness (QED) is 0.355. The molecular weight excluding hydrogens is 459 g/mol. The van der Waals surface area contributed by atoms with E-state index in [2.05, 4.69) is 10.2 Å². The number of ether oxygens (including phenoxy) is 2. The normalized spacial score (nSPS) is 15.3. The molecule has 8 nitrogen and oxygen atoms in total. The third-order valence-electron chi connectivity index (χ3n) is 5.60. The maximum Gasteiger partial charge on any atom is 0.339 e. The zero-order valence-electron chi connectivity index (χ0n) is 18.9. The number of rotatable bonds is 8. The summed E-state index contributed by atoms with van der Waals surface area (Å²) in [6.45, 7) is 1.25. The highest BCUT2D eigenvalue weighted by atomic mass is 32.2. The second-order valence-corrected chi connectivity index (χ2v) is 8.75. The van der Waals surface area contributed by atoms with Crippen molar-refractivity contribution in [3.8, 4) is 11.4 Å². The molecule has 0 saturated carbocycles. The predicted octanol–water partition coefficient (Wildman–Crippen LogP) is 3.80. The molecule has 1 aliphatic heterocycles. The number of methoxy groups -OCH3 is 1. The molecule has 2 aromatic carbocycles. The molecule has 0 aliphatic carbocycles. The highest BCUT2D eigenvalue weighted by molar-refractivity contribution is 7.99. The van der Waals surface area contributed by atoms with Crippen LogP contribution in [-0.2, 0) is 20.8 Å². The average molecular weight is 485 g/mol. The van der Waals surface area contributed by atoms with Crippen molar-refractivity contribution in [2.24, 2.45) is 0 Å². The minimum Gasteiger partial charge on any atom is -0.465 e. The minimum absolute atomic E-state index is 0.0276. The Labute approximate surface area is 201 Å². The van der Waals surface area contributed by atoms with E-state index in [-0.39, 0.29) is 23.6 Å². The number of esters is 1. The lowest BCUT2D eigenvalue weighted by atomic mass is 10.1. The van der Waals surface area contributed by atoms with Gasteiger partial charge in [0.15, 0.2) is 11.0 Å². The summed E-state index contributed by atoms with van der Waals surface area (Å²) in [6, 6.07) is 12.9. The number of nitrogens with zero attached hydrogens (tertiary/aromatic N) is 4. The molecule has 1 saturated heterocycles. The van der Waals surface area contributed by atoms with Crippen LogP contribution in [0.4, 0.5) is 10.1 Å². The van der Waals surface area contributed by atoms with Gasteiger partial charge in [-0.2, -0.15) is 0 Å². The van der Waals surface area contributed by atoms with E-state index in [1.807, 2.05) is 4.57 Å². The number of aromatic nitrogens is 3. The highest BCUT2D eigenvalue weighted by Gasteiger charge is 2.24. The maximum atomic E-state index is 13.4. The Hall–Kier alpha value is -3.24. The van der Waals surface area contributed by atoms with Gasteiger partial charge < -0.3 is 14.4 Å². The van der Waals surface area contributed by atoms with Crippen molar-refractivity contribution in [1.82, 2.24) is 14.8 Å². The number of hydrogen-bond donors (Lipinski definition) is 0. The van der Waals surface area contributed by atoms with Crippen LogP contribution >= 0.6 is 11.8 Å². The Morgan fingerprint density at radius 2 is 1.97 bits per heavy atom. The fourth-order valence-corrected chi connectivity index (χ4v) is 4.63. The zero-order valence-corrected chi connectivity index (χ0v) is 19.8. The van der Waals surface area contributed by atoms with Crippen molar-refractivity contribution in [1.29, 1.82) is 0 Å². The third kappa shape index (κ3) is 5.28. The van der Waals surface area contributed by atoms with Crippen molar-refractivity contribution >= 4 is 29.3 Å². The van der Waals surface area contributed by atoms with Crippen LogP contribution in [0.15, 0.2) is 53.7 Å².